The summed E-state index contributed by atoms with van der Waals surface area (Å²) in [4.78, 5) is 24.4. The van der Waals surface area contributed by atoms with E-state index in [1.807, 2.05) is 0 Å². The van der Waals surface area contributed by atoms with Gasteiger partial charge in [0.1, 0.15) is 11.4 Å². The maximum absolute atomic E-state index is 14.4. The molecule has 3 atom stereocenters. The molecular formula is C27H30F4N2O7S. The molecular weight excluding hydrogens is 572 g/mol. The molecule has 224 valence electrons. The Morgan fingerprint density at radius 1 is 1.17 bits per heavy atom. The van der Waals surface area contributed by atoms with Crippen LogP contribution in [0.3, 0.4) is 0 Å². The number of alkyl halides is 3. The number of aliphatic carboxylic acids is 1. The van der Waals surface area contributed by atoms with Crippen LogP contribution in [0, 0.1) is 17.2 Å². The number of rotatable bonds is 7. The number of hydrogen-bond acceptors (Lipinski definition) is 6. The predicted molar refractivity (Wildman–Crippen MR) is 143 cm³/mol. The molecule has 2 unspecified atom stereocenters. The fraction of sp³-hybridized carbons (Fsp3) is 0.444. The highest BCUT2D eigenvalue weighted by Gasteiger charge is 2.67. The number of amides is 1. The Morgan fingerprint density at radius 3 is 2.41 bits per heavy atom. The van der Waals surface area contributed by atoms with Crippen LogP contribution in [0.2, 0.25) is 0 Å². The van der Waals surface area contributed by atoms with Crippen LogP contribution in [-0.4, -0.2) is 58.3 Å². The monoisotopic (exact) mass is 602 g/mol. The maximum atomic E-state index is 14.4. The van der Waals surface area contributed by atoms with Gasteiger partial charge in [-0.15, -0.1) is 0 Å². The van der Waals surface area contributed by atoms with Gasteiger partial charge in [-0.05, 0) is 70.3 Å². The summed E-state index contributed by atoms with van der Waals surface area (Å²) in [7, 11) is -2.23. The zero-order valence-electron chi connectivity index (χ0n) is 22.9. The molecule has 1 saturated carbocycles. The SMILES string of the molecule is C=S(=O)(c1ccc(F)c(OC)c1)N1CC2(C[C@@H]2C(C)(C)C(=O)O)Oc2ccc(NC(=O)OC(C)(C)C(F)(F)F)cc21. The van der Waals surface area contributed by atoms with Crippen LogP contribution in [0.25, 0.3) is 0 Å². The van der Waals surface area contributed by atoms with Gasteiger partial charge in [0.25, 0.3) is 0 Å². The molecule has 1 fully saturated rings. The average Bonchev–Trinajstić information content (AvgIpc) is 3.56. The van der Waals surface area contributed by atoms with Crippen molar-refractivity contribution in [3.05, 3.63) is 42.2 Å². The Morgan fingerprint density at radius 2 is 1.83 bits per heavy atom. The molecule has 0 bridgehead atoms. The van der Waals surface area contributed by atoms with Crippen LogP contribution in [-0.2, 0) is 19.2 Å². The van der Waals surface area contributed by atoms with Crippen molar-refractivity contribution in [1.82, 2.24) is 0 Å². The van der Waals surface area contributed by atoms with Gasteiger partial charge >= 0.3 is 18.2 Å². The molecule has 1 aliphatic heterocycles. The number of anilines is 2. The maximum Gasteiger partial charge on any atom is 0.427 e. The minimum atomic E-state index is -4.82. The zero-order valence-corrected chi connectivity index (χ0v) is 23.7. The van der Waals surface area contributed by atoms with E-state index in [4.69, 9.17) is 9.47 Å². The molecule has 2 aliphatic rings. The summed E-state index contributed by atoms with van der Waals surface area (Å²) in [6.07, 6.45) is -5.88. The standard InChI is InChI=1S/C27H30F4N2O7S/c1-24(2,22(34)35)21-13-26(21)14-33(41(6,37)16-8-9-17(28)20(12-16)38-5)18-11-15(7-10-19(18)39-26)32-23(36)40-25(3,4)27(29,30)31/h7-12,21H,6,13-14H2,1-5H3,(H,32,36)(H,34,35)/t21-,26?,41?/m1/s1. The Kier molecular flexibility index (Phi) is 7.17. The number of carboxylic acids is 1. The van der Waals surface area contributed by atoms with Crippen molar-refractivity contribution in [1.29, 1.82) is 0 Å². The molecule has 1 spiro atoms. The lowest BCUT2D eigenvalue weighted by Gasteiger charge is -2.40. The van der Waals surface area contributed by atoms with Crippen molar-refractivity contribution >= 4 is 39.0 Å². The molecule has 14 heteroatoms. The first kappa shape index (κ1) is 30.3. The number of nitrogens with one attached hydrogen (secondary N) is 1. The lowest BCUT2D eigenvalue weighted by Crippen LogP contribution is -2.48. The number of carbonyl (C=O) groups excluding carboxylic acids is 1. The summed E-state index contributed by atoms with van der Waals surface area (Å²) in [5.74, 6) is 1.71. The quantitative estimate of drug-likeness (QED) is 0.319. The summed E-state index contributed by atoms with van der Waals surface area (Å²) in [5.41, 5.74) is -4.86. The fourth-order valence-corrected chi connectivity index (χ4v) is 6.47. The summed E-state index contributed by atoms with van der Waals surface area (Å²) in [6, 6.07) is 7.67. The normalized spacial score (nSPS) is 21.8. The highest BCUT2D eigenvalue weighted by molar-refractivity contribution is 8.01. The lowest BCUT2D eigenvalue weighted by molar-refractivity contribution is -0.242. The Labute approximate surface area is 234 Å². The van der Waals surface area contributed by atoms with Gasteiger partial charge in [0.05, 0.1) is 39.4 Å². The lowest BCUT2D eigenvalue weighted by atomic mass is 9.85. The molecule has 0 radical (unpaired) electrons. The number of methoxy groups -OCH3 is 1. The molecule has 9 nitrogen and oxygen atoms in total. The largest absolute Gasteiger partial charge is 0.494 e. The van der Waals surface area contributed by atoms with Crippen molar-refractivity contribution in [2.24, 2.45) is 11.3 Å². The Balaban J connectivity index is 1.75. The number of carbonyl (C=O) groups is 2. The first-order chi connectivity index (χ1) is 18.7. The van der Waals surface area contributed by atoms with Crippen molar-refractivity contribution < 1.29 is 50.7 Å². The van der Waals surface area contributed by atoms with Crippen LogP contribution in [0.1, 0.15) is 34.1 Å². The summed E-state index contributed by atoms with van der Waals surface area (Å²) >= 11 is 0. The second-order valence-corrected chi connectivity index (χ2v) is 13.3. The number of ether oxygens (including phenoxy) is 3. The van der Waals surface area contributed by atoms with Crippen molar-refractivity contribution in [3.63, 3.8) is 0 Å². The van der Waals surface area contributed by atoms with Gasteiger partial charge in [-0.1, -0.05) is 0 Å². The summed E-state index contributed by atoms with van der Waals surface area (Å²) in [6.45, 7) is 4.44. The third kappa shape index (κ3) is 5.36. The topological polar surface area (TPSA) is 114 Å². The number of hydrogen-bond donors (Lipinski definition) is 2. The van der Waals surface area contributed by atoms with E-state index in [2.05, 4.69) is 15.9 Å². The van der Waals surface area contributed by atoms with Gasteiger partial charge in [-0.3, -0.25) is 14.4 Å². The van der Waals surface area contributed by atoms with E-state index in [0.717, 1.165) is 6.07 Å². The van der Waals surface area contributed by atoms with Crippen LogP contribution < -0.4 is 19.1 Å². The minimum Gasteiger partial charge on any atom is -0.494 e. The fourth-order valence-electron chi connectivity index (χ4n) is 4.75. The van der Waals surface area contributed by atoms with Crippen molar-refractivity contribution in [2.75, 3.05) is 23.3 Å². The van der Waals surface area contributed by atoms with Crippen LogP contribution in [0.4, 0.5) is 33.7 Å². The van der Waals surface area contributed by atoms with E-state index in [1.165, 1.54) is 41.7 Å². The van der Waals surface area contributed by atoms with Gasteiger partial charge in [0.2, 0.25) is 5.60 Å². The van der Waals surface area contributed by atoms with Gasteiger partial charge in [-0.25, -0.2) is 13.4 Å². The molecule has 0 saturated heterocycles. The van der Waals surface area contributed by atoms with Crippen LogP contribution >= 0.6 is 0 Å². The second kappa shape index (κ2) is 9.71. The van der Waals surface area contributed by atoms with Gasteiger partial charge in [0, 0.05) is 17.7 Å². The molecule has 2 N–H and O–H groups in total. The van der Waals surface area contributed by atoms with Crippen molar-refractivity contribution in [2.45, 2.75) is 56.4 Å². The molecule has 1 heterocycles. The first-order valence-electron chi connectivity index (χ1n) is 12.4. The predicted octanol–water partition coefficient (Wildman–Crippen LogP) is 5.48. The molecule has 0 aromatic heterocycles. The van der Waals surface area contributed by atoms with Gasteiger partial charge in [0.15, 0.2) is 11.6 Å². The number of benzene rings is 2. The first-order valence-corrected chi connectivity index (χ1v) is 14.1. The van der Waals surface area contributed by atoms with Gasteiger partial charge < -0.3 is 19.3 Å². The van der Waals surface area contributed by atoms with E-state index in [-0.39, 0.29) is 34.3 Å². The average molecular weight is 603 g/mol. The summed E-state index contributed by atoms with van der Waals surface area (Å²) < 4.78 is 85.3. The summed E-state index contributed by atoms with van der Waals surface area (Å²) in [5, 5.41) is 12.0. The number of fused-ring (bicyclic) bond motifs is 1. The molecule has 4 rings (SSSR count). The second-order valence-electron chi connectivity index (χ2n) is 11.1. The number of carboxylic acid groups (broad SMARTS) is 1. The molecule has 2 aromatic carbocycles. The minimum absolute atomic E-state index is 0.00127. The van der Waals surface area contributed by atoms with Crippen LogP contribution in [0.5, 0.6) is 11.5 Å². The third-order valence-corrected chi connectivity index (χ3v) is 9.55. The smallest absolute Gasteiger partial charge is 0.427 e. The van der Waals surface area contributed by atoms with E-state index in [1.54, 1.807) is 13.8 Å². The molecule has 2 aromatic rings. The Bertz CT molecular complexity index is 1510. The van der Waals surface area contributed by atoms with Gasteiger partial charge in [-0.2, -0.15) is 13.2 Å². The highest BCUT2D eigenvalue weighted by atomic mass is 32.2. The van der Waals surface area contributed by atoms with E-state index in [0.29, 0.717) is 20.3 Å². The van der Waals surface area contributed by atoms with Crippen molar-refractivity contribution in [3.8, 4) is 11.5 Å². The molecule has 41 heavy (non-hydrogen) atoms. The van der Waals surface area contributed by atoms with E-state index >= 15 is 0 Å². The number of halogens is 4. The molecule has 1 aliphatic carbocycles. The molecule has 1 amide bonds. The van der Waals surface area contributed by atoms with Crippen LogP contribution in [0.15, 0.2) is 41.3 Å². The highest BCUT2D eigenvalue weighted by Crippen LogP contribution is 2.60. The van der Waals surface area contributed by atoms with E-state index in [9.17, 15) is 36.5 Å². The van der Waals surface area contributed by atoms with E-state index < -0.39 is 56.3 Å². The zero-order chi connectivity index (χ0) is 30.8. The number of nitrogens with zero attached hydrogens (tertiary/aromatic N) is 1. The third-order valence-electron chi connectivity index (χ3n) is 7.52. The Hall–Kier alpha value is -3.68.